The van der Waals surface area contributed by atoms with Crippen molar-refractivity contribution < 1.29 is 4.74 Å². The van der Waals surface area contributed by atoms with E-state index in [0.29, 0.717) is 12.6 Å². The summed E-state index contributed by atoms with van der Waals surface area (Å²) in [5.41, 5.74) is 7.92. The Morgan fingerprint density at radius 3 is 2.38 bits per heavy atom. The molecule has 90 valence electrons. The topological polar surface area (TPSA) is 38.5 Å². The van der Waals surface area contributed by atoms with E-state index in [0.717, 1.165) is 18.7 Å². The lowest BCUT2D eigenvalue weighted by Crippen LogP contribution is -2.23. The summed E-state index contributed by atoms with van der Waals surface area (Å²) in [6.07, 6.45) is 0.299. The second kappa shape index (κ2) is 6.51. The number of hydrogen-bond acceptors (Lipinski definition) is 3. The van der Waals surface area contributed by atoms with Crippen molar-refractivity contribution in [1.29, 1.82) is 0 Å². The Balaban J connectivity index is 2.43. The molecule has 0 saturated heterocycles. The minimum absolute atomic E-state index is 0.299. The molecule has 1 aromatic carbocycles. The molecule has 0 aliphatic rings. The molecule has 0 amide bonds. The molecule has 0 aliphatic carbocycles. The van der Waals surface area contributed by atoms with Crippen molar-refractivity contribution in [2.45, 2.75) is 26.5 Å². The first kappa shape index (κ1) is 13.0. The maximum Gasteiger partial charge on any atom is 0.0644 e. The van der Waals surface area contributed by atoms with Gasteiger partial charge in [-0.1, -0.05) is 12.1 Å². The predicted molar refractivity (Wildman–Crippen MR) is 68.7 cm³/mol. The highest BCUT2D eigenvalue weighted by molar-refractivity contribution is 5.46. The Morgan fingerprint density at radius 2 is 1.88 bits per heavy atom. The predicted octanol–water partition coefficient (Wildman–Crippen LogP) is 2.01. The molecule has 0 heterocycles. The van der Waals surface area contributed by atoms with Gasteiger partial charge in [0, 0.05) is 25.8 Å². The van der Waals surface area contributed by atoms with Crippen molar-refractivity contribution in [2.24, 2.45) is 5.73 Å². The summed E-state index contributed by atoms with van der Waals surface area (Å²) in [5.74, 6) is 0. The monoisotopic (exact) mass is 222 g/mol. The molecule has 0 bridgehead atoms. The number of ether oxygens (including phenoxy) is 1. The fourth-order valence-electron chi connectivity index (χ4n) is 1.44. The molecule has 2 N–H and O–H groups in total. The van der Waals surface area contributed by atoms with Crippen LogP contribution in [0.3, 0.4) is 0 Å². The van der Waals surface area contributed by atoms with Gasteiger partial charge in [-0.2, -0.15) is 0 Å². The normalized spacial score (nSPS) is 10.8. The number of likely N-dealkylation sites (N-methyl/N-ethyl adjacent to an activating group) is 1. The van der Waals surface area contributed by atoms with Crippen molar-refractivity contribution in [3.05, 3.63) is 29.8 Å². The van der Waals surface area contributed by atoms with E-state index in [1.807, 2.05) is 0 Å². The summed E-state index contributed by atoms with van der Waals surface area (Å²) in [4.78, 5) is 2.18. The molecule has 16 heavy (non-hydrogen) atoms. The molecule has 0 radical (unpaired) electrons. The summed E-state index contributed by atoms with van der Waals surface area (Å²) in [5, 5.41) is 0. The molecule has 0 atom stereocenters. The maximum atomic E-state index is 5.56. The summed E-state index contributed by atoms with van der Waals surface area (Å²) < 4.78 is 5.52. The molecule has 0 fully saturated rings. The molecule has 1 aromatic rings. The SMILES string of the molecule is CC(C)OCCN(C)c1ccc(CN)cc1. The Labute approximate surface area is 98.2 Å². The van der Waals surface area contributed by atoms with Gasteiger partial charge in [-0.25, -0.2) is 0 Å². The van der Waals surface area contributed by atoms with E-state index >= 15 is 0 Å². The number of benzene rings is 1. The highest BCUT2D eigenvalue weighted by Gasteiger charge is 2.01. The standard InChI is InChI=1S/C13H22N2O/c1-11(2)16-9-8-15(3)13-6-4-12(10-14)5-7-13/h4-7,11H,8-10,14H2,1-3H3. The summed E-state index contributed by atoms with van der Waals surface area (Å²) in [6, 6.07) is 8.32. The van der Waals surface area contributed by atoms with Gasteiger partial charge in [0.1, 0.15) is 0 Å². The fraction of sp³-hybridized carbons (Fsp3) is 0.538. The number of hydrogen-bond donors (Lipinski definition) is 1. The maximum absolute atomic E-state index is 5.56. The number of nitrogens with two attached hydrogens (primary N) is 1. The second-order valence-corrected chi connectivity index (χ2v) is 4.21. The third kappa shape index (κ3) is 4.21. The van der Waals surface area contributed by atoms with Crippen molar-refractivity contribution >= 4 is 5.69 Å². The van der Waals surface area contributed by atoms with E-state index in [2.05, 4.69) is 50.1 Å². The first-order valence-electron chi connectivity index (χ1n) is 5.75. The smallest absolute Gasteiger partial charge is 0.0644 e. The first-order valence-corrected chi connectivity index (χ1v) is 5.75. The minimum atomic E-state index is 0.299. The quantitative estimate of drug-likeness (QED) is 0.800. The van der Waals surface area contributed by atoms with Crippen LogP contribution >= 0.6 is 0 Å². The zero-order valence-corrected chi connectivity index (χ0v) is 10.4. The molecular weight excluding hydrogens is 200 g/mol. The molecular formula is C13H22N2O. The third-order valence-electron chi connectivity index (χ3n) is 2.49. The van der Waals surface area contributed by atoms with Gasteiger partial charge in [0.15, 0.2) is 0 Å². The molecule has 0 saturated carbocycles. The van der Waals surface area contributed by atoms with Crippen LogP contribution < -0.4 is 10.6 Å². The second-order valence-electron chi connectivity index (χ2n) is 4.21. The lowest BCUT2D eigenvalue weighted by atomic mass is 10.2. The largest absolute Gasteiger partial charge is 0.377 e. The van der Waals surface area contributed by atoms with E-state index in [-0.39, 0.29) is 0 Å². The van der Waals surface area contributed by atoms with Gasteiger partial charge in [0.25, 0.3) is 0 Å². The van der Waals surface area contributed by atoms with Gasteiger partial charge >= 0.3 is 0 Å². The van der Waals surface area contributed by atoms with Gasteiger partial charge in [-0.05, 0) is 31.5 Å². The van der Waals surface area contributed by atoms with E-state index < -0.39 is 0 Å². The first-order chi connectivity index (χ1) is 7.63. The molecule has 3 nitrogen and oxygen atoms in total. The summed E-state index contributed by atoms with van der Waals surface area (Å²) >= 11 is 0. The summed E-state index contributed by atoms with van der Waals surface area (Å²) in [6.45, 7) is 6.36. The Bertz CT molecular complexity index is 295. The van der Waals surface area contributed by atoms with Gasteiger partial charge in [-0.15, -0.1) is 0 Å². The molecule has 0 aromatic heterocycles. The van der Waals surface area contributed by atoms with Gasteiger partial charge in [-0.3, -0.25) is 0 Å². The van der Waals surface area contributed by atoms with Crippen LogP contribution in [0.5, 0.6) is 0 Å². The zero-order valence-electron chi connectivity index (χ0n) is 10.4. The van der Waals surface area contributed by atoms with Crippen molar-refractivity contribution in [3.8, 4) is 0 Å². The Hall–Kier alpha value is -1.06. The highest BCUT2D eigenvalue weighted by Crippen LogP contribution is 2.13. The molecule has 1 rings (SSSR count). The lowest BCUT2D eigenvalue weighted by molar-refractivity contribution is 0.0846. The van der Waals surface area contributed by atoms with E-state index in [1.54, 1.807) is 0 Å². The van der Waals surface area contributed by atoms with Crippen molar-refractivity contribution in [2.75, 3.05) is 25.1 Å². The minimum Gasteiger partial charge on any atom is -0.377 e. The number of anilines is 1. The van der Waals surface area contributed by atoms with Crippen LogP contribution in [-0.4, -0.2) is 26.3 Å². The van der Waals surface area contributed by atoms with Gasteiger partial charge < -0.3 is 15.4 Å². The van der Waals surface area contributed by atoms with E-state index in [4.69, 9.17) is 10.5 Å². The molecule has 0 unspecified atom stereocenters. The van der Waals surface area contributed by atoms with Gasteiger partial charge in [0.2, 0.25) is 0 Å². The number of rotatable bonds is 6. The Kier molecular flexibility index (Phi) is 5.29. The molecule has 3 heteroatoms. The molecule has 0 aliphatic heterocycles. The van der Waals surface area contributed by atoms with Crippen LogP contribution in [0.1, 0.15) is 19.4 Å². The van der Waals surface area contributed by atoms with E-state index in [9.17, 15) is 0 Å². The third-order valence-corrected chi connectivity index (χ3v) is 2.49. The van der Waals surface area contributed by atoms with Crippen LogP contribution in [0.25, 0.3) is 0 Å². The van der Waals surface area contributed by atoms with Gasteiger partial charge in [0.05, 0.1) is 12.7 Å². The van der Waals surface area contributed by atoms with Crippen LogP contribution in [0.4, 0.5) is 5.69 Å². The number of nitrogens with zero attached hydrogens (tertiary/aromatic N) is 1. The van der Waals surface area contributed by atoms with Crippen LogP contribution in [0, 0.1) is 0 Å². The van der Waals surface area contributed by atoms with E-state index in [1.165, 1.54) is 5.69 Å². The van der Waals surface area contributed by atoms with Crippen molar-refractivity contribution in [1.82, 2.24) is 0 Å². The fourth-order valence-corrected chi connectivity index (χ4v) is 1.44. The van der Waals surface area contributed by atoms with Crippen molar-refractivity contribution in [3.63, 3.8) is 0 Å². The lowest BCUT2D eigenvalue weighted by Gasteiger charge is -2.20. The highest BCUT2D eigenvalue weighted by atomic mass is 16.5. The zero-order chi connectivity index (χ0) is 12.0. The average Bonchev–Trinajstić information content (AvgIpc) is 2.28. The summed E-state index contributed by atoms with van der Waals surface area (Å²) in [7, 11) is 2.07. The Morgan fingerprint density at radius 1 is 1.25 bits per heavy atom. The van der Waals surface area contributed by atoms with Crippen LogP contribution in [0.2, 0.25) is 0 Å². The molecule has 0 spiro atoms. The van der Waals surface area contributed by atoms with Crippen LogP contribution in [-0.2, 0) is 11.3 Å². The van der Waals surface area contributed by atoms with Crippen LogP contribution in [0.15, 0.2) is 24.3 Å². The average molecular weight is 222 g/mol.